The largest absolute Gasteiger partial charge is 0.522 e. The molecule has 3 heterocycles. The van der Waals surface area contributed by atoms with Crippen molar-refractivity contribution in [1.29, 1.82) is 0 Å². The number of carbonyl (C=O) groups excluding carboxylic acids is 2. The van der Waals surface area contributed by atoms with Crippen molar-refractivity contribution in [2.75, 3.05) is 6.61 Å². The Morgan fingerprint density at radius 2 is 1.57 bits per heavy atom. The number of rotatable bonds is 9. The Morgan fingerprint density at radius 3 is 2.20 bits per heavy atom. The van der Waals surface area contributed by atoms with Crippen molar-refractivity contribution in [3.05, 3.63) is 108 Å². The normalized spacial score (nSPS) is 24.1. The van der Waals surface area contributed by atoms with Crippen LogP contribution in [0.4, 0.5) is 26.3 Å². The Hall–Kier alpha value is -4.84. The first-order valence-corrected chi connectivity index (χ1v) is 15.5. The quantitative estimate of drug-likeness (QED) is 0.118. The molecule has 0 aliphatic carbocycles. The van der Waals surface area contributed by atoms with Crippen molar-refractivity contribution in [2.45, 2.75) is 69.2 Å². The van der Waals surface area contributed by atoms with E-state index in [0.29, 0.717) is 17.7 Å². The van der Waals surface area contributed by atoms with Gasteiger partial charge in [0.15, 0.2) is 23.7 Å². The van der Waals surface area contributed by atoms with Gasteiger partial charge in [-0.3, -0.25) is 4.74 Å². The zero-order chi connectivity index (χ0) is 36.4. The third kappa shape index (κ3) is 8.06. The summed E-state index contributed by atoms with van der Waals surface area (Å²) in [4.78, 5) is 26.8. The molecule has 2 aliphatic rings. The van der Waals surface area contributed by atoms with E-state index in [1.54, 1.807) is 36.4 Å². The highest BCUT2D eigenvalue weighted by atomic mass is 19.4. The number of aromatic nitrogens is 3. The van der Waals surface area contributed by atoms with Crippen molar-refractivity contribution in [3.8, 4) is 11.3 Å². The maximum absolute atomic E-state index is 14.3. The second-order valence-corrected chi connectivity index (χ2v) is 11.8. The molecule has 0 N–H and O–H groups in total. The topological polar surface area (TPSA) is 120 Å². The Balaban J connectivity index is 1.46. The summed E-state index contributed by atoms with van der Waals surface area (Å²) < 4.78 is 119. The van der Waals surface area contributed by atoms with Gasteiger partial charge in [-0.05, 0) is 38.1 Å². The Morgan fingerprint density at radius 1 is 0.922 bits per heavy atom. The summed E-state index contributed by atoms with van der Waals surface area (Å²) in [5, 5.41) is 7.81. The van der Waals surface area contributed by atoms with Crippen LogP contribution in [0.2, 0.25) is 0 Å². The van der Waals surface area contributed by atoms with Crippen molar-refractivity contribution in [3.63, 3.8) is 0 Å². The molecule has 2 aliphatic heterocycles. The number of ether oxygens (including phenoxy) is 6. The zero-order valence-corrected chi connectivity index (χ0v) is 26.7. The van der Waals surface area contributed by atoms with Crippen LogP contribution in [0.3, 0.4) is 0 Å². The molecule has 3 unspecified atom stereocenters. The number of halogens is 6. The molecule has 0 amide bonds. The van der Waals surface area contributed by atoms with E-state index in [4.69, 9.17) is 23.7 Å². The van der Waals surface area contributed by atoms with Crippen molar-refractivity contribution in [1.82, 2.24) is 15.0 Å². The van der Waals surface area contributed by atoms with Gasteiger partial charge in [0.2, 0.25) is 6.10 Å². The lowest BCUT2D eigenvalue weighted by Crippen LogP contribution is -2.64. The summed E-state index contributed by atoms with van der Waals surface area (Å²) >= 11 is 0. The van der Waals surface area contributed by atoms with Crippen LogP contribution in [0, 0.1) is 17.5 Å². The number of benzene rings is 3. The molecule has 11 nitrogen and oxygen atoms in total. The smallest absolute Gasteiger partial charge is 0.460 e. The lowest BCUT2D eigenvalue weighted by atomic mass is 9.88. The third-order valence-corrected chi connectivity index (χ3v) is 7.95. The summed E-state index contributed by atoms with van der Waals surface area (Å²) in [6, 6.07) is 15.3. The summed E-state index contributed by atoms with van der Waals surface area (Å²) in [7, 11) is 0. The van der Waals surface area contributed by atoms with Crippen LogP contribution >= 0.6 is 0 Å². The van der Waals surface area contributed by atoms with Gasteiger partial charge in [-0.25, -0.2) is 27.4 Å². The van der Waals surface area contributed by atoms with Gasteiger partial charge in [0.25, 0.3) is 0 Å². The minimum Gasteiger partial charge on any atom is -0.460 e. The van der Waals surface area contributed by atoms with E-state index in [0.717, 1.165) is 10.9 Å². The van der Waals surface area contributed by atoms with Crippen LogP contribution in [0.1, 0.15) is 42.1 Å². The van der Waals surface area contributed by atoms with Gasteiger partial charge in [0.1, 0.15) is 36.2 Å². The van der Waals surface area contributed by atoms with E-state index in [-0.39, 0.29) is 23.4 Å². The molecule has 2 fully saturated rings. The molecule has 0 bridgehead atoms. The van der Waals surface area contributed by atoms with Gasteiger partial charge in [-0.2, -0.15) is 0 Å². The van der Waals surface area contributed by atoms with Gasteiger partial charge in [0, 0.05) is 11.1 Å². The van der Waals surface area contributed by atoms with Crippen LogP contribution in [-0.2, 0) is 33.2 Å². The lowest BCUT2D eigenvalue weighted by molar-refractivity contribution is -0.392. The minimum atomic E-state index is -5.38. The molecule has 17 heteroatoms. The van der Waals surface area contributed by atoms with Gasteiger partial charge in [-0.1, -0.05) is 53.7 Å². The number of hydrogen-bond acceptors (Lipinski definition) is 10. The predicted molar refractivity (Wildman–Crippen MR) is 161 cm³/mol. The van der Waals surface area contributed by atoms with Crippen LogP contribution in [-0.4, -0.2) is 76.5 Å². The lowest BCUT2D eigenvalue weighted by Gasteiger charge is -2.50. The molecule has 51 heavy (non-hydrogen) atoms. The molecular weight excluding hydrogens is 692 g/mol. The highest BCUT2D eigenvalue weighted by Crippen LogP contribution is 2.44. The third-order valence-electron chi connectivity index (χ3n) is 7.95. The minimum absolute atomic E-state index is 0.0342. The fraction of sp³-hybridized carbons (Fsp3) is 0.353. The molecule has 1 aromatic heterocycles. The second-order valence-electron chi connectivity index (χ2n) is 11.8. The number of esters is 2. The average molecular weight is 722 g/mol. The highest BCUT2D eigenvalue weighted by Gasteiger charge is 2.59. The molecule has 7 atom stereocenters. The number of hydrogen-bond donors (Lipinski definition) is 0. The first-order chi connectivity index (χ1) is 24.3. The van der Waals surface area contributed by atoms with Crippen molar-refractivity contribution >= 4 is 11.9 Å². The number of alkyl halides is 3. The summed E-state index contributed by atoms with van der Waals surface area (Å²) in [5.41, 5.74) is -0.0997. The Kier molecular flexibility index (Phi) is 10.4. The van der Waals surface area contributed by atoms with E-state index in [9.17, 15) is 35.9 Å². The van der Waals surface area contributed by atoms with Gasteiger partial charge >= 0.3 is 18.3 Å². The monoisotopic (exact) mass is 721 g/mol. The summed E-state index contributed by atoms with van der Waals surface area (Å²) in [6.45, 7) is 2.65. The maximum atomic E-state index is 14.3. The first kappa shape index (κ1) is 36.0. The molecule has 0 radical (unpaired) electrons. The van der Waals surface area contributed by atoms with Gasteiger partial charge in [0.05, 0.1) is 24.5 Å². The van der Waals surface area contributed by atoms with Crippen molar-refractivity contribution in [2.24, 2.45) is 0 Å². The van der Waals surface area contributed by atoms with E-state index >= 15 is 0 Å². The summed E-state index contributed by atoms with van der Waals surface area (Å²) in [5.74, 6) is -7.17. The zero-order valence-electron chi connectivity index (χ0n) is 26.7. The summed E-state index contributed by atoms with van der Waals surface area (Å²) in [6.07, 6.45) is -15.3. The highest BCUT2D eigenvalue weighted by molar-refractivity contribution is 5.91. The molecule has 3 aromatic carbocycles. The average Bonchev–Trinajstić information content (AvgIpc) is 3.58. The molecular formula is C34H29F6N3O8. The molecule has 4 aromatic rings. The molecule has 2 saturated heterocycles. The van der Waals surface area contributed by atoms with E-state index in [1.807, 2.05) is 0 Å². The van der Waals surface area contributed by atoms with Crippen LogP contribution in [0.5, 0.6) is 0 Å². The fourth-order valence-electron chi connectivity index (χ4n) is 5.81. The molecule has 0 spiro atoms. The van der Waals surface area contributed by atoms with Gasteiger partial charge in [-0.15, -0.1) is 18.3 Å². The van der Waals surface area contributed by atoms with Crippen LogP contribution in [0.25, 0.3) is 11.3 Å². The first-order valence-electron chi connectivity index (χ1n) is 15.5. The Bertz CT molecular complexity index is 1820. The SMILES string of the molecule is CC(C)OC(=O)[C@@H](OC(=O)c1ccccc1)[C@@H]1OC2COC(c3ccccc3)O[C@@H]2[C@H](n2cc(-c3cc(F)c(F)c(F)c3)nn2)C1OC(F)(F)F. The molecule has 6 rings (SSSR count). The maximum Gasteiger partial charge on any atom is 0.522 e. The van der Waals surface area contributed by atoms with Crippen LogP contribution < -0.4 is 0 Å². The van der Waals surface area contributed by atoms with Crippen LogP contribution in [0.15, 0.2) is 79.0 Å². The van der Waals surface area contributed by atoms with Gasteiger partial charge < -0.3 is 23.7 Å². The molecule has 0 saturated carbocycles. The fourth-order valence-corrected chi connectivity index (χ4v) is 5.81. The standard InChI is InChI=1S/C34H29F6N3O8/c1-17(2)47-32(45)30(49-31(44)18-9-5-3-6-10-18)29-28(51-34(38,39)40)26(27-24(48-29)16-46-33(50-27)19-11-7-4-8-12-19)43-15-23(41-42-43)20-13-21(35)25(37)22(36)14-20/h3-15,17,24,26-30,33H,16H2,1-2H3/t24?,26-,27-,28?,29+,30-,33?/m0/s1. The van der Waals surface area contributed by atoms with Crippen molar-refractivity contribution < 1.29 is 64.4 Å². The number of nitrogens with zero attached hydrogens (tertiary/aromatic N) is 3. The predicted octanol–water partition coefficient (Wildman–Crippen LogP) is 5.87. The van der Waals surface area contributed by atoms with E-state index in [2.05, 4.69) is 15.0 Å². The number of carbonyl (C=O) groups is 2. The Labute approximate surface area is 285 Å². The number of fused-ring (bicyclic) bond motifs is 1. The molecule has 270 valence electrons. The second kappa shape index (κ2) is 14.8. The van der Waals surface area contributed by atoms with E-state index in [1.165, 1.54) is 38.1 Å². The van der Waals surface area contributed by atoms with E-state index < -0.39 is 84.7 Å².